The first kappa shape index (κ1) is 11.8. The number of amides is 1. The number of hydrogen-bond donors (Lipinski definition) is 2. The highest BCUT2D eigenvalue weighted by molar-refractivity contribution is 5.78. The van der Waals surface area contributed by atoms with E-state index in [0.29, 0.717) is 13.2 Å². The fraction of sp³-hybridized carbons (Fsp3) is 0.778. The van der Waals surface area contributed by atoms with E-state index in [9.17, 15) is 9.59 Å². The Kier molecular flexibility index (Phi) is 4.89. The van der Waals surface area contributed by atoms with Crippen LogP contribution in [0.5, 0.6) is 0 Å². The van der Waals surface area contributed by atoms with Crippen molar-refractivity contribution in [2.24, 2.45) is 5.92 Å². The Balaban J connectivity index is 2.09. The maximum atomic E-state index is 11.5. The number of carbonyl (C=O) groups is 2. The van der Waals surface area contributed by atoms with Crippen molar-refractivity contribution in [1.82, 2.24) is 5.32 Å². The highest BCUT2D eigenvalue weighted by Crippen LogP contribution is 2.14. The molecule has 0 saturated carbocycles. The van der Waals surface area contributed by atoms with Crippen LogP contribution in [0.1, 0.15) is 12.8 Å². The molecule has 0 bridgehead atoms. The molecule has 1 aliphatic rings. The van der Waals surface area contributed by atoms with Gasteiger partial charge in [-0.15, -0.1) is 0 Å². The average Bonchev–Trinajstić information content (AvgIpc) is 2.25. The first-order chi connectivity index (χ1) is 7.20. The molecule has 0 aliphatic carbocycles. The molecule has 1 aliphatic heterocycles. The average molecular weight is 217 g/mol. The van der Waals surface area contributed by atoms with Crippen molar-refractivity contribution in [3.63, 3.8) is 0 Å². The second kappa shape index (κ2) is 6.23. The quantitative estimate of drug-likeness (QED) is 0.520. The Bertz CT molecular complexity index is 225. The van der Waals surface area contributed by atoms with Gasteiger partial charge in [0, 0.05) is 19.1 Å². The van der Waals surface area contributed by atoms with Crippen LogP contribution >= 0.6 is 0 Å². The summed E-state index contributed by atoms with van der Waals surface area (Å²) in [5.41, 5.74) is 0. The van der Waals surface area contributed by atoms with Gasteiger partial charge in [0.2, 0.25) is 5.91 Å². The molecule has 6 heteroatoms. The lowest BCUT2D eigenvalue weighted by Gasteiger charge is -2.20. The first-order valence-electron chi connectivity index (χ1n) is 4.91. The van der Waals surface area contributed by atoms with E-state index in [-0.39, 0.29) is 25.0 Å². The predicted molar refractivity (Wildman–Crippen MR) is 50.5 cm³/mol. The Morgan fingerprint density at radius 3 is 2.67 bits per heavy atom. The highest BCUT2D eigenvalue weighted by atomic mass is 16.7. The Morgan fingerprint density at radius 2 is 2.07 bits per heavy atom. The van der Waals surface area contributed by atoms with Crippen molar-refractivity contribution in [3.8, 4) is 0 Å². The molecule has 1 saturated heterocycles. The molecule has 86 valence electrons. The standard InChI is InChI=1S/C9H15NO5/c11-8(7-1-4-14-5-2-7)10-3-6-15-9(12)13/h7H,1-6H2,(H,10,11)(H,12,13). The lowest BCUT2D eigenvalue weighted by Crippen LogP contribution is -2.36. The third-order valence-electron chi connectivity index (χ3n) is 2.22. The number of hydrogen-bond acceptors (Lipinski definition) is 4. The summed E-state index contributed by atoms with van der Waals surface area (Å²) in [6.07, 6.45) is 0.132. The van der Waals surface area contributed by atoms with Crippen LogP contribution in [0.25, 0.3) is 0 Å². The van der Waals surface area contributed by atoms with Gasteiger partial charge in [0.05, 0.1) is 6.54 Å². The number of carbonyl (C=O) groups excluding carboxylic acids is 1. The summed E-state index contributed by atoms with van der Waals surface area (Å²) < 4.78 is 9.38. The second-order valence-electron chi connectivity index (χ2n) is 3.29. The molecule has 0 radical (unpaired) electrons. The molecule has 0 aromatic rings. The van der Waals surface area contributed by atoms with E-state index >= 15 is 0 Å². The van der Waals surface area contributed by atoms with E-state index < -0.39 is 6.16 Å². The predicted octanol–water partition coefficient (Wildman–Crippen LogP) is 0.224. The number of nitrogens with one attached hydrogen (secondary N) is 1. The molecule has 1 amide bonds. The van der Waals surface area contributed by atoms with Crippen molar-refractivity contribution in [2.45, 2.75) is 12.8 Å². The molecule has 0 aromatic carbocycles. The van der Waals surface area contributed by atoms with Gasteiger partial charge in [0.25, 0.3) is 0 Å². The summed E-state index contributed by atoms with van der Waals surface area (Å²) in [5.74, 6) is -0.0594. The smallest absolute Gasteiger partial charge is 0.450 e. The van der Waals surface area contributed by atoms with Gasteiger partial charge in [0.15, 0.2) is 0 Å². The fourth-order valence-electron chi connectivity index (χ4n) is 1.42. The van der Waals surface area contributed by atoms with Crippen LogP contribution in [0.4, 0.5) is 4.79 Å². The largest absolute Gasteiger partial charge is 0.505 e. The maximum absolute atomic E-state index is 11.5. The molecular weight excluding hydrogens is 202 g/mol. The van der Waals surface area contributed by atoms with Gasteiger partial charge in [0.1, 0.15) is 6.61 Å². The molecule has 0 atom stereocenters. The fourth-order valence-corrected chi connectivity index (χ4v) is 1.42. The third kappa shape index (κ3) is 4.64. The van der Waals surface area contributed by atoms with E-state index in [1.807, 2.05) is 0 Å². The first-order valence-corrected chi connectivity index (χ1v) is 4.91. The zero-order valence-electron chi connectivity index (χ0n) is 8.40. The lowest BCUT2D eigenvalue weighted by molar-refractivity contribution is -0.128. The third-order valence-corrected chi connectivity index (χ3v) is 2.22. The number of ether oxygens (including phenoxy) is 2. The van der Waals surface area contributed by atoms with Gasteiger partial charge < -0.3 is 19.9 Å². The Morgan fingerprint density at radius 1 is 1.40 bits per heavy atom. The molecule has 15 heavy (non-hydrogen) atoms. The van der Waals surface area contributed by atoms with Gasteiger partial charge in [-0.1, -0.05) is 0 Å². The van der Waals surface area contributed by atoms with Crippen molar-refractivity contribution < 1.29 is 24.2 Å². The summed E-state index contributed by atoms with van der Waals surface area (Å²) in [6.45, 7) is 1.44. The van der Waals surface area contributed by atoms with Crippen LogP contribution in [-0.4, -0.2) is 43.5 Å². The van der Waals surface area contributed by atoms with Gasteiger partial charge in [-0.05, 0) is 12.8 Å². The normalized spacial score (nSPS) is 17.1. The summed E-state index contributed by atoms with van der Waals surface area (Å²) in [6, 6.07) is 0. The molecule has 1 rings (SSSR count). The lowest BCUT2D eigenvalue weighted by atomic mass is 9.99. The SMILES string of the molecule is O=C(O)OCCNC(=O)C1CCOCC1. The molecule has 6 nitrogen and oxygen atoms in total. The van der Waals surface area contributed by atoms with Crippen molar-refractivity contribution in [2.75, 3.05) is 26.4 Å². The highest BCUT2D eigenvalue weighted by Gasteiger charge is 2.20. The molecule has 0 aromatic heterocycles. The minimum absolute atomic E-state index is 0.00963. The van der Waals surface area contributed by atoms with Crippen molar-refractivity contribution in [1.29, 1.82) is 0 Å². The van der Waals surface area contributed by atoms with Gasteiger partial charge in [-0.3, -0.25) is 4.79 Å². The van der Waals surface area contributed by atoms with Gasteiger partial charge in [-0.25, -0.2) is 4.79 Å². The number of carboxylic acid groups (broad SMARTS) is 1. The minimum atomic E-state index is -1.32. The monoisotopic (exact) mass is 217 g/mol. The Hall–Kier alpha value is -1.30. The van der Waals surface area contributed by atoms with E-state index in [4.69, 9.17) is 9.84 Å². The van der Waals surface area contributed by atoms with E-state index in [2.05, 4.69) is 10.1 Å². The summed E-state index contributed by atoms with van der Waals surface area (Å²) in [7, 11) is 0. The number of rotatable bonds is 4. The van der Waals surface area contributed by atoms with Crippen LogP contribution in [-0.2, 0) is 14.3 Å². The van der Waals surface area contributed by atoms with Crippen LogP contribution in [0.15, 0.2) is 0 Å². The molecule has 0 unspecified atom stereocenters. The molecular formula is C9H15NO5. The van der Waals surface area contributed by atoms with E-state index in [1.54, 1.807) is 0 Å². The summed E-state index contributed by atoms with van der Waals surface area (Å²) in [4.78, 5) is 21.5. The zero-order chi connectivity index (χ0) is 11.1. The molecule has 0 spiro atoms. The topological polar surface area (TPSA) is 84.9 Å². The van der Waals surface area contributed by atoms with Crippen LogP contribution in [0, 0.1) is 5.92 Å². The van der Waals surface area contributed by atoms with Crippen LogP contribution < -0.4 is 5.32 Å². The summed E-state index contributed by atoms with van der Waals surface area (Å²) >= 11 is 0. The zero-order valence-corrected chi connectivity index (χ0v) is 8.40. The van der Waals surface area contributed by atoms with Crippen LogP contribution in [0.2, 0.25) is 0 Å². The minimum Gasteiger partial charge on any atom is -0.450 e. The molecule has 2 N–H and O–H groups in total. The van der Waals surface area contributed by atoms with Gasteiger partial charge in [-0.2, -0.15) is 0 Å². The summed E-state index contributed by atoms with van der Waals surface area (Å²) in [5, 5.41) is 10.8. The van der Waals surface area contributed by atoms with E-state index in [1.165, 1.54) is 0 Å². The Labute approximate surface area is 87.5 Å². The van der Waals surface area contributed by atoms with Crippen molar-refractivity contribution >= 4 is 12.1 Å². The maximum Gasteiger partial charge on any atom is 0.505 e. The molecule has 1 fully saturated rings. The molecule has 1 heterocycles. The van der Waals surface area contributed by atoms with E-state index in [0.717, 1.165) is 12.8 Å². The van der Waals surface area contributed by atoms with Crippen LogP contribution in [0.3, 0.4) is 0 Å². The van der Waals surface area contributed by atoms with Gasteiger partial charge >= 0.3 is 6.16 Å². The van der Waals surface area contributed by atoms with Crippen molar-refractivity contribution in [3.05, 3.63) is 0 Å². The second-order valence-corrected chi connectivity index (χ2v) is 3.29.